The Labute approximate surface area is 137 Å². The van der Waals surface area contributed by atoms with Gasteiger partial charge in [-0.2, -0.15) is 0 Å². The molecule has 120 valence electrons. The van der Waals surface area contributed by atoms with E-state index >= 15 is 0 Å². The number of non-ortho nitro benzene ring substituents is 1. The largest absolute Gasteiger partial charge is 0.351 e. The van der Waals surface area contributed by atoms with Crippen molar-refractivity contribution >= 4 is 23.2 Å². The van der Waals surface area contributed by atoms with Crippen LogP contribution in [0.25, 0.3) is 0 Å². The Morgan fingerprint density at radius 2 is 1.79 bits per heavy atom. The van der Waals surface area contributed by atoms with Crippen LogP contribution in [0.15, 0.2) is 66.4 Å². The summed E-state index contributed by atoms with van der Waals surface area (Å²) in [5.41, 5.74) is 1.21. The summed E-state index contributed by atoms with van der Waals surface area (Å²) in [6, 6.07) is 14.9. The molecule has 0 saturated heterocycles. The molecule has 0 aromatic heterocycles. The first kappa shape index (κ1) is 15.4. The van der Waals surface area contributed by atoms with Crippen molar-refractivity contribution in [3.8, 4) is 0 Å². The normalized spacial score (nSPS) is 13.8. The SMILES string of the molecule is O=C1C=C(Nc2cccc([N+](=O)[O-])c2)C(=O)N1Cc1ccccc1. The first-order chi connectivity index (χ1) is 11.5. The summed E-state index contributed by atoms with van der Waals surface area (Å²) >= 11 is 0. The maximum atomic E-state index is 12.4. The molecule has 7 heteroatoms. The van der Waals surface area contributed by atoms with Crippen molar-refractivity contribution in [1.29, 1.82) is 0 Å². The van der Waals surface area contributed by atoms with Crippen LogP contribution in [0.1, 0.15) is 5.56 Å². The van der Waals surface area contributed by atoms with Gasteiger partial charge in [0.05, 0.1) is 11.5 Å². The molecule has 3 rings (SSSR count). The molecule has 0 unspecified atom stereocenters. The molecule has 2 aromatic rings. The molecule has 7 nitrogen and oxygen atoms in total. The summed E-state index contributed by atoms with van der Waals surface area (Å²) in [5.74, 6) is -0.882. The Morgan fingerprint density at radius 1 is 1.04 bits per heavy atom. The van der Waals surface area contributed by atoms with Crippen LogP contribution in [-0.4, -0.2) is 21.6 Å². The summed E-state index contributed by atoms with van der Waals surface area (Å²) in [4.78, 5) is 35.8. The van der Waals surface area contributed by atoms with Gasteiger partial charge >= 0.3 is 0 Å². The van der Waals surface area contributed by atoms with E-state index in [2.05, 4.69) is 5.32 Å². The predicted molar refractivity (Wildman–Crippen MR) is 86.8 cm³/mol. The van der Waals surface area contributed by atoms with Crippen LogP contribution in [0.4, 0.5) is 11.4 Å². The second-order valence-electron chi connectivity index (χ2n) is 5.21. The number of nitro groups is 1. The number of benzene rings is 2. The van der Waals surface area contributed by atoms with Gasteiger partial charge in [0, 0.05) is 23.9 Å². The van der Waals surface area contributed by atoms with Crippen molar-refractivity contribution in [3.05, 3.63) is 82.0 Å². The van der Waals surface area contributed by atoms with Gasteiger partial charge in [-0.3, -0.25) is 24.6 Å². The smallest absolute Gasteiger partial charge is 0.277 e. The Bertz CT molecular complexity index is 846. The lowest BCUT2D eigenvalue weighted by atomic mass is 10.2. The van der Waals surface area contributed by atoms with Crippen LogP contribution in [0.5, 0.6) is 0 Å². The standard InChI is InChI=1S/C17H13N3O4/c21-16-10-15(18-13-7-4-8-14(9-13)20(23)24)17(22)19(16)11-12-5-2-1-3-6-12/h1-10,18H,11H2. The zero-order valence-corrected chi connectivity index (χ0v) is 12.5. The number of imide groups is 1. The highest BCUT2D eigenvalue weighted by Crippen LogP contribution is 2.22. The zero-order chi connectivity index (χ0) is 17.1. The first-order valence-corrected chi connectivity index (χ1v) is 7.17. The number of nitro benzene ring substituents is 1. The lowest BCUT2D eigenvalue weighted by molar-refractivity contribution is -0.384. The van der Waals surface area contributed by atoms with E-state index in [1.165, 1.54) is 24.3 Å². The third kappa shape index (κ3) is 3.14. The number of carbonyl (C=O) groups is 2. The predicted octanol–water partition coefficient (Wildman–Crippen LogP) is 2.46. The second kappa shape index (κ2) is 6.33. The fourth-order valence-electron chi connectivity index (χ4n) is 2.37. The van der Waals surface area contributed by atoms with Crippen molar-refractivity contribution in [2.45, 2.75) is 6.54 Å². The summed E-state index contributed by atoms with van der Waals surface area (Å²) in [6.45, 7) is 0.176. The summed E-state index contributed by atoms with van der Waals surface area (Å²) < 4.78 is 0. The van der Waals surface area contributed by atoms with Crippen molar-refractivity contribution < 1.29 is 14.5 Å². The summed E-state index contributed by atoms with van der Waals surface area (Å²) in [6.07, 6.45) is 1.20. The minimum absolute atomic E-state index is 0.0939. The number of amides is 2. The van der Waals surface area contributed by atoms with Crippen LogP contribution >= 0.6 is 0 Å². The summed E-state index contributed by atoms with van der Waals surface area (Å²) in [5, 5.41) is 13.6. The number of carbonyl (C=O) groups excluding carboxylic acids is 2. The molecule has 0 saturated carbocycles. The Morgan fingerprint density at radius 3 is 2.50 bits per heavy atom. The van der Waals surface area contributed by atoms with E-state index in [1.807, 2.05) is 30.3 Å². The third-order valence-electron chi connectivity index (χ3n) is 3.53. The monoisotopic (exact) mass is 323 g/mol. The van der Waals surface area contributed by atoms with E-state index < -0.39 is 16.7 Å². The molecule has 1 heterocycles. The molecule has 0 bridgehead atoms. The van der Waals surface area contributed by atoms with Crippen LogP contribution in [-0.2, 0) is 16.1 Å². The van der Waals surface area contributed by atoms with Crippen molar-refractivity contribution in [2.24, 2.45) is 0 Å². The fraction of sp³-hybridized carbons (Fsp3) is 0.0588. The lowest BCUT2D eigenvalue weighted by Gasteiger charge is -2.15. The van der Waals surface area contributed by atoms with Gasteiger partial charge in [0.25, 0.3) is 17.5 Å². The minimum Gasteiger partial charge on any atom is -0.351 e. The molecular formula is C17H13N3O4. The van der Waals surface area contributed by atoms with E-state index in [4.69, 9.17) is 0 Å². The van der Waals surface area contributed by atoms with E-state index in [9.17, 15) is 19.7 Å². The number of rotatable bonds is 5. The molecule has 0 radical (unpaired) electrons. The molecule has 2 aromatic carbocycles. The van der Waals surface area contributed by atoms with Gasteiger partial charge in [0.1, 0.15) is 5.70 Å². The van der Waals surface area contributed by atoms with Crippen molar-refractivity contribution in [2.75, 3.05) is 5.32 Å². The molecule has 1 N–H and O–H groups in total. The molecule has 0 atom stereocenters. The zero-order valence-electron chi connectivity index (χ0n) is 12.5. The molecule has 24 heavy (non-hydrogen) atoms. The minimum atomic E-state index is -0.525. The van der Waals surface area contributed by atoms with Gasteiger partial charge in [-0.25, -0.2) is 0 Å². The van der Waals surface area contributed by atoms with Gasteiger partial charge in [-0.15, -0.1) is 0 Å². The Balaban J connectivity index is 1.75. The van der Waals surface area contributed by atoms with Gasteiger partial charge in [-0.05, 0) is 11.6 Å². The van der Waals surface area contributed by atoms with Crippen LogP contribution in [0.3, 0.4) is 0 Å². The number of hydrogen-bond acceptors (Lipinski definition) is 5. The van der Waals surface area contributed by atoms with Gasteiger partial charge in [-0.1, -0.05) is 36.4 Å². The summed E-state index contributed by atoms with van der Waals surface area (Å²) in [7, 11) is 0. The average molecular weight is 323 g/mol. The highest BCUT2D eigenvalue weighted by atomic mass is 16.6. The molecule has 0 aliphatic carbocycles. The molecule has 2 amide bonds. The Kier molecular flexibility index (Phi) is 4.07. The first-order valence-electron chi connectivity index (χ1n) is 7.17. The molecular weight excluding hydrogens is 310 g/mol. The van der Waals surface area contributed by atoms with Gasteiger partial charge < -0.3 is 5.32 Å². The highest BCUT2D eigenvalue weighted by Gasteiger charge is 2.31. The molecule has 0 fully saturated rings. The average Bonchev–Trinajstić information content (AvgIpc) is 2.83. The third-order valence-corrected chi connectivity index (χ3v) is 3.53. The number of nitrogens with zero attached hydrogens (tertiary/aromatic N) is 2. The van der Waals surface area contributed by atoms with E-state index in [-0.39, 0.29) is 17.9 Å². The topological polar surface area (TPSA) is 92.5 Å². The van der Waals surface area contributed by atoms with Crippen LogP contribution in [0, 0.1) is 10.1 Å². The quantitative estimate of drug-likeness (QED) is 0.518. The molecule has 1 aliphatic heterocycles. The maximum absolute atomic E-state index is 12.4. The van der Waals surface area contributed by atoms with E-state index in [0.717, 1.165) is 10.5 Å². The lowest BCUT2D eigenvalue weighted by Crippen LogP contribution is -2.31. The maximum Gasteiger partial charge on any atom is 0.277 e. The molecule has 1 aliphatic rings. The van der Waals surface area contributed by atoms with Crippen LogP contribution < -0.4 is 5.32 Å². The van der Waals surface area contributed by atoms with Gasteiger partial charge in [0.2, 0.25) is 0 Å². The Hall–Kier alpha value is -3.48. The number of hydrogen-bond donors (Lipinski definition) is 1. The highest BCUT2D eigenvalue weighted by molar-refractivity contribution is 6.17. The van der Waals surface area contributed by atoms with Crippen molar-refractivity contribution in [1.82, 2.24) is 4.90 Å². The fourth-order valence-corrected chi connectivity index (χ4v) is 2.37. The van der Waals surface area contributed by atoms with Crippen molar-refractivity contribution in [3.63, 3.8) is 0 Å². The number of nitrogens with one attached hydrogen (secondary N) is 1. The van der Waals surface area contributed by atoms with E-state index in [0.29, 0.717) is 5.69 Å². The van der Waals surface area contributed by atoms with E-state index in [1.54, 1.807) is 6.07 Å². The number of anilines is 1. The molecule has 0 spiro atoms. The van der Waals surface area contributed by atoms with Crippen LogP contribution in [0.2, 0.25) is 0 Å². The van der Waals surface area contributed by atoms with Gasteiger partial charge in [0.15, 0.2) is 0 Å². The second-order valence-corrected chi connectivity index (χ2v) is 5.21.